The molecule has 5 heteroatoms. The van der Waals surface area contributed by atoms with Gasteiger partial charge in [-0.1, -0.05) is 61.7 Å². The van der Waals surface area contributed by atoms with Gasteiger partial charge in [-0.05, 0) is 31.6 Å². The second kappa shape index (κ2) is 10.2. The van der Waals surface area contributed by atoms with Gasteiger partial charge in [-0.15, -0.1) is 0 Å². The van der Waals surface area contributed by atoms with Gasteiger partial charge < -0.3 is 9.26 Å². The fourth-order valence-electron chi connectivity index (χ4n) is 2.00. The van der Waals surface area contributed by atoms with E-state index in [0.717, 1.165) is 24.8 Å². The Morgan fingerprint density at radius 1 is 1.09 bits per heavy atom. The number of nitrogens with zero attached hydrogens (tertiary/aromatic N) is 1. The summed E-state index contributed by atoms with van der Waals surface area (Å²) in [6, 6.07) is 9.80. The number of carbonyl (C=O) groups is 1. The van der Waals surface area contributed by atoms with Crippen LogP contribution in [0.4, 0.5) is 0 Å². The van der Waals surface area contributed by atoms with E-state index in [4.69, 9.17) is 9.26 Å². The molecule has 0 aliphatic carbocycles. The zero-order valence-electron chi connectivity index (χ0n) is 14.8. The molecule has 0 heterocycles. The molecule has 0 aliphatic rings. The zero-order chi connectivity index (χ0) is 17.1. The van der Waals surface area contributed by atoms with Crippen molar-refractivity contribution < 1.29 is 14.1 Å². The molecule has 0 saturated carbocycles. The highest BCUT2D eigenvalue weighted by Crippen LogP contribution is 2.10. The molecule has 0 atom stereocenters. The van der Waals surface area contributed by atoms with E-state index >= 15 is 0 Å². The third kappa shape index (κ3) is 9.18. The number of rotatable bonds is 10. The Bertz CT molecular complexity index is 495. The Labute approximate surface area is 141 Å². The van der Waals surface area contributed by atoms with E-state index in [1.54, 1.807) is 0 Å². The number of hydrogen-bond acceptors (Lipinski definition) is 4. The van der Waals surface area contributed by atoms with E-state index in [1.807, 2.05) is 50.0 Å². The second-order valence-corrected chi connectivity index (χ2v) is 11.0. The Hall–Kier alpha value is -1.62. The minimum Gasteiger partial charge on any atom is -0.515 e. The summed E-state index contributed by atoms with van der Waals surface area (Å²) in [5.41, 5.74) is 1.43. The molecular formula is C18H29NO3Si. The minimum atomic E-state index is -1.93. The van der Waals surface area contributed by atoms with Gasteiger partial charge in [0.25, 0.3) is 0 Å². The number of oxime groups is 1. The van der Waals surface area contributed by atoms with Crippen molar-refractivity contribution >= 4 is 20.0 Å². The maximum absolute atomic E-state index is 12.3. The average molecular weight is 336 g/mol. The van der Waals surface area contributed by atoms with E-state index in [0.29, 0.717) is 18.7 Å². The number of benzene rings is 1. The van der Waals surface area contributed by atoms with Crippen LogP contribution >= 0.6 is 0 Å². The first-order valence-electron chi connectivity index (χ1n) is 8.38. The number of hydrogen-bond donors (Lipinski definition) is 0. The van der Waals surface area contributed by atoms with Crippen LogP contribution in [0.2, 0.25) is 19.6 Å². The highest BCUT2D eigenvalue weighted by Gasteiger charge is 2.23. The Morgan fingerprint density at radius 3 is 2.39 bits per heavy atom. The third-order valence-electron chi connectivity index (χ3n) is 3.15. The molecular weight excluding hydrogens is 306 g/mol. The smallest absolute Gasteiger partial charge is 0.342 e. The van der Waals surface area contributed by atoms with Gasteiger partial charge in [-0.25, -0.2) is 4.79 Å². The molecule has 128 valence electrons. The van der Waals surface area contributed by atoms with Crippen molar-refractivity contribution in [3.8, 4) is 0 Å². The van der Waals surface area contributed by atoms with E-state index in [-0.39, 0.29) is 5.97 Å². The molecule has 0 radical (unpaired) electrons. The van der Waals surface area contributed by atoms with Gasteiger partial charge in [-0.3, -0.25) is 0 Å². The van der Waals surface area contributed by atoms with Crippen LogP contribution in [0, 0.1) is 0 Å². The molecule has 0 aliphatic heterocycles. The van der Waals surface area contributed by atoms with Gasteiger partial charge in [0.1, 0.15) is 6.61 Å². The van der Waals surface area contributed by atoms with Gasteiger partial charge in [-0.2, -0.15) is 0 Å². The van der Waals surface area contributed by atoms with Crippen molar-refractivity contribution in [2.45, 2.75) is 65.3 Å². The Morgan fingerprint density at radius 2 is 1.78 bits per heavy atom. The van der Waals surface area contributed by atoms with Crippen LogP contribution in [-0.2, 0) is 20.7 Å². The molecule has 0 bridgehead atoms. The largest absolute Gasteiger partial charge is 0.515 e. The first kappa shape index (κ1) is 19.4. The summed E-state index contributed by atoms with van der Waals surface area (Å²) in [6.07, 6.45) is 4.96. The molecule has 1 aromatic rings. The zero-order valence-corrected chi connectivity index (χ0v) is 15.8. The van der Waals surface area contributed by atoms with Gasteiger partial charge in [0, 0.05) is 6.42 Å². The van der Waals surface area contributed by atoms with Gasteiger partial charge in [0.05, 0.1) is 0 Å². The maximum atomic E-state index is 12.3. The monoisotopic (exact) mass is 335 g/mol. The lowest BCUT2D eigenvalue weighted by molar-refractivity contribution is -0.128. The SMILES string of the molecule is CCCCCC/C(=N/OCc1ccccc1)C(=O)O[Si](C)(C)C. The highest BCUT2D eigenvalue weighted by molar-refractivity contribution is 6.72. The Balaban J connectivity index is 2.61. The highest BCUT2D eigenvalue weighted by atomic mass is 28.4. The molecule has 1 aromatic carbocycles. The normalized spacial score (nSPS) is 12.1. The number of unbranched alkanes of at least 4 members (excludes halogenated alkanes) is 3. The summed E-state index contributed by atoms with van der Waals surface area (Å²) in [5.74, 6) is -0.325. The van der Waals surface area contributed by atoms with Crippen molar-refractivity contribution in [2.24, 2.45) is 5.16 Å². The molecule has 0 aromatic heterocycles. The van der Waals surface area contributed by atoms with Crippen LogP contribution in [0.15, 0.2) is 35.5 Å². The van der Waals surface area contributed by atoms with Crippen LogP contribution in [0.3, 0.4) is 0 Å². The number of carbonyl (C=O) groups excluding carboxylic acids is 1. The molecule has 0 fully saturated rings. The van der Waals surface area contributed by atoms with Crippen molar-refractivity contribution in [3.05, 3.63) is 35.9 Å². The van der Waals surface area contributed by atoms with E-state index < -0.39 is 8.32 Å². The fraction of sp³-hybridized carbons (Fsp3) is 0.556. The first-order chi connectivity index (χ1) is 10.9. The topological polar surface area (TPSA) is 47.9 Å². The lowest BCUT2D eigenvalue weighted by Gasteiger charge is -2.18. The van der Waals surface area contributed by atoms with E-state index in [9.17, 15) is 4.79 Å². The fourth-order valence-corrected chi connectivity index (χ4v) is 2.67. The summed E-state index contributed by atoms with van der Waals surface area (Å²) < 4.78 is 5.55. The lowest BCUT2D eigenvalue weighted by atomic mass is 10.1. The molecule has 0 saturated heterocycles. The molecule has 0 N–H and O–H groups in total. The maximum Gasteiger partial charge on any atom is 0.342 e. The van der Waals surface area contributed by atoms with Crippen molar-refractivity contribution in [1.82, 2.24) is 0 Å². The molecule has 4 nitrogen and oxygen atoms in total. The Kier molecular flexibility index (Phi) is 8.62. The van der Waals surface area contributed by atoms with Crippen LogP contribution < -0.4 is 0 Å². The third-order valence-corrected chi connectivity index (χ3v) is 3.95. The summed E-state index contributed by atoms with van der Waals surface area (Å²) in [6.45, 7) is 8.50. The summed E-state index contributed by atoms with van der Waals surface area (Å²) in [5, 5.41) is 4.07. The van der Waals surface area contributed by atoms with Crippen LogP contribution in [0.1, 0.15) is 44.6 Å². The predicted molar refractivity (Wildman–Crippen MR) is 96.9 cm³/mol. The van der Waals surface area contributed by atoms with E-state index in [2.05, 4.69) is 12.1 Å². The summed E-state index contributed by atoms with van der Waals surface area (Å²) in [4.78, 5) is 17.6. The van der Waals surface area contributed by atoms with Crippen molar-refractivity contribution in [2.75, 3.05) is 0 Å². The second-order valence-electron chi connectivity index (χ2n) is 6.61. The van der Waals surface area contributed by atoms with Crippen LogP contribution in [-0.4, -0.2) is 20.0 Å². The van der Waals surface area contributed by atoms with Crippen LogP contribution in [0.25, 0.3) is 0 Å². The molecule has 0 amide bonds. The molecule has 1 rings (SSSR count). The van der Waals surface area contributed by atoms with Crippen molar-refractivity contribution in [1.29, 1.82) is 0 Å². The lowest BCUT2D eigenvalue weighted by Crippen LogP contribution is -2.33. The van der Waals surface area contributed by atoms with Gasteiger partial charge in [0.2, 0.25) is 8.32 Å². The van der Waals surface area contributed by atoms with Crippen molar-refractivity contribution in [3.63, 3.8) is 0 Å². The quantitative estimate of drug-likeness (QED) is 0.264. The van der Waals surface area contributed by atoms with Gasteiger partial charge in [0.15, 0.2) is 5.71 Å². The standard InChI is InChI=1S/C18H29NO3Si/c1-5-6-7-11-14-17(18(20)22-23(2,3)4)19-21-15-16-12-9-8-10-13-16/h8-10,12-13H,5-7,11,14-15H2,1-4H3/b19-17-. The predicted octanol–water partition coefficient (Wildman–Crippen LogP) is 4.91. The molecule has 0 unspecified atom stereocenters. The summed E-state index contributed by atoms with van der Waals surface area (Å²) in [7, 11) is -1.93. The van der Waals surface area contributed by atoms with Crippen LogP contribution in [0.5, 0.6) is 0 Å². The average Bonchev–Trinajstić information content (AvgIpc) is 2.49. The van der Waals surface area contributed by atoms with E-state index in [1.165, 1.54) is 6.42 Å². The molecule has 0 spiro atoms. The first-order valence-corrected chi connectivity index (χ1v) is 11.8. The minimum absolute atomic E-state index is 0.325. The van der Waals surface area contributed by atoms with Gasteiger partial charge >= 0.3 is 5.97 Å². The molecule has 23 heavy (non-hydrogen) atoms. The summed E-state index contributed by atoms with van der Waals surface area (Å²) >= 11 is 0.